The van der Waals surface area contributed by atoms with E-state index in [0.29, 0.717) is 0 Å². The van der Waals surface area contributed by atoms with Crippen LogP contribution in [0.25, 0.3) is 21.5 Å². The van der Waals surface area contributed by atoms with Gasteiger partial charge in [-0.15, -0.1) is 11.3 Å². The van der Waals surface area contributed by atoms with Crippen molar-refractivity contribution in [1.82, 2.24) is 14.8 Å². The summed E-state index contributed by atoms with van der Waals surface area (Å²) in [6.45, 7) is 4.08. The van der Waals surface area contributed by atoms with Crippen LogP contribution in [0.2, 0.25) is 0 Å². The molecule has 0 aliphatic carbocycles. The standard InChI is InChI=1S/C23H22FN3O2S/c1-4-19-21(30-23(25-19)18-7-6-17(24)9-14(18)2)11-22(28)29-13-15-5-8-20-16(10-15)12-27(3)26-20/h5-10,12H,4,11,13H2,1-3H3. The molecule has 0 aliphatic rings. The summed E-state index contributed by atoms with van der Waals surface area (Å²) in [5.41, 5.74) is 4.43. The first-order valence-corrected chi connectivity index (χ1v) is 10.6. The summed E-state index contributed by atoms with van der Waals surface area (Å²) in [7, 11) is 1.88. The van der Waals surface area contributed by atoms with E-state index in [-0.39, 0.29) is 24.8 Å². The average molecular weight is 424 g/mol. The van der Waals surface area contributed by atoms with Crippen LogP contribution in [0.4, 0.5) is 4.39 Å². The topological polar surface area (TPSA) is 57.0 Å². The fourth-order valence-electron chi connectivity index (χ4n) is 3.41. The third-order valence-electron chi connectivity index (χ3n) is 4.92. The van der Waals surface area contributed by atoms with E-state index < -0.39 is 0 Å². The number of esters is 1. The summed E-state index contributed by atoms with van der Waals surface area (Å²) >= 11 is 1.47. The van der Waals surface area contributed by atoms with Gasteiger partial charge in [0.2, 0.25) is 0 Å². The first kappa shape index (κ1) is 20.2. The molecular formula is C23H22FN3O2S. The van der Waals surface area contributed by atoms with E-state index in [1.54, 1.807) is 10.7 Å². The second-order valence-electron chi connectivity index (χ2n) is 7.24. The fraction of sp³-hybridized carbons (Fsp3) is 0.261. The number of carbonyl (C=O) groups is 1. The number of hydrogen-bond donors (Lipinski definition) is 0. The van der Waals surface area contributed by atoms with Crippen molar-refractivity contribution >= 4 is 28.2 Å². The van der Waals surface area contributed by atoms with E-state index >= 15 is 0 Å². The van der Waals surface area contributed by atoms with Crippen molar-refractivity contribution < 1.29 is 13.9 Å². The Hall–Kier alpha value is -3.06. The fourth-order valence-corrected chi connectivity index (χ4v) is 4.64. The minimum atomic E-state index is -0.290. The molecule has 0 bridgehead atoms. The highest BCUT2D eigenvalue weighted by Crippen LogP contribution is 2.31. The van der Waals surface area contributed by atoms with Gasteiger partial charge in [0.25, 0.3) is 0 Å². The Balaban J connectivity index is 1.46. The lowest BCUT2D eigenvalue weighted by Crippen LogP contribution is -2.08. The van der Waals surface area contributed by atoms with Gasteiger partial charge in [-0.3, -0.25) is 9.48 Å². The number of halogens is 1. The van der Waals surface area contributed by atoms with Crippen LogP contribution in [-0.2, 0) is 36.0 Å². The molecule has 0 unspecified atom stereocenters. The Morgan fingerprint density at radius 2 is 2.07 bits per heavy atom. The van der Waals surface area contributed by atoms with Crippen molar-refractivity contribution in [2.45, 2.75) is 33.3 Å². The lowest BCUT2D eigenvalue weighted by atomic mass is 10.1. The Morgan fingerprint density at radius 1 is 1.23 bits per heavy atom. The zero-order valence-corrected chi connectivity index (χ0v) is 17.9. The molecule has 0 aliphatic heterocycles. The molecule has 154 valence electrons. The smallest absolute Gasteiger partial charge is 0.311 e. The maximum atomic E-state index is 13.4. The van der Waals surface area contributed by atoms with Crippen molar-refractivity contribution in [3.05, 3.63) is 70.1 Å². The third-order valence-corrected chi connectivity index (χ3v) is 6.05. The van der Waals surface area contributed by atoms with E-state index in [1.165, 1.54) is 23.5 Å². The molecular weight excluding hydrogens is 401 g/mol. The highest BCUT2D eigenvalue weighted by Gasteiger charge is 2.17. The first-order valence-electron chi connectivity index (χ1n) is 9.76. The van der Waals surface area contributed by atoms with Crippen LogP contribution in [0.15, 0.2) is 42.6 Å². The minimum Gasteiger partial charge on any atom is -0.461 e. The van der Waals surface area contributed by atoms with E-state index in [0.717, 1.165) is 49.6 Å². The number of aromatic nitrogens is 3. The summed E-state index contributed by atoms with van der Waals surface area (Å²) in [5, 5.41) is 6.16. The minimum absolute atomic E-state index is 0.177. The molecule has 0 N–H and O–H groups in total. The summed E-state index contributed by atoms with van der Waals surface area (Å²) in [6, 6.07) is 10.5. The highest BCUT2D eigenvalue weighted by atomic mass is 32.1. The number of carbonyl (C=O) groups excluding carboxylic acids is 1. The summed E-state index contributed by atoms with van der Waals surface area (Å²) in [5.74, 6) is -0.557. The number of ether oxygens (including phenoxy) is 1. The maximum absolute atomic E-state index is 13.4. The van der Waals surface area contributed by atoms with Crippen LogP contribution < -0.4 is 0 Å². The summed E-state index contributed by atoms with van der Waals surface area (Å²) in [6.07, 6.45) is 2.83. The lowest BCUT2D eigenvalue weighted by Gasteiger charge is -2.05. The van der Waals surface area contributed by atoms with Crippen LogP contribution in [0.1, 0.15) is 28.6 Å². The van der Waals surface area contributed by atoms with Crippen molar-refractivity contribution in [3.8, 4) is 10.6 Å². The van der Waals surface area contributed by atoms with Gasteiger partial charge in [0.1, 0.15) is 17.4 Å². The quantitative estimate of drug-likeness (QED) is 0.410. The largest absolute Gasteiger partial charge is 0.461 e. The second-order valence-corrected chi connectivity index (χ2v) is 8.32. The Labute approximate surface area is 178 Å². The van der Waals surface area contributed by atoms with E-state index in [9.17, 15) is 9.18 Å². The number of thiazole rings is 1. The molecule has 2 aromatic heterocycles. The molecule has 5 nitrogen and oxygen atoms in total. The van der Waals surface area contributed by atoms with Crippen LogP contribution >= 0.6 is 11.3 Å². The van der Waals surface area contributed by atoms with E-state index in [1.807, 2.05) is 45.3 Å². The van der Waals surface area contributed by atoms with Crippen LogP contribution in [-0.4, -0.2) is 20.7 Å². The van der Waals surface area contributed by atoms with E-state index in [2.05, 4.69) is 10.1 Å². The van der Waals surface area contributed by atoms with Gasteiger partial charge in [0, 0.05) is 29.1 Å². The Morgan fingerprint density at radius 3 is 2.83 bits per heavy atom. The van der Waals surface area contributed by atoms with Gasteiger partial charge in [-0.2, -0.15) is 5.10 Å². The SMILES string of the molecule is CCc1nc(-c2ccc(F)cc2C)sc1CC(=O)OCc1ccc2nn(C)cc2c1. The van der Waals surface area contributed by atoms with Crippen molar-refractivity contribution in [1.29, 1.82) is 0 Å². The number of aryl methyl sites for hydroxylation is 3. The zero-order chi connectivity index (χ0) is 21.3. The first-order chi connectivity index (χ1) is 14.4. The molecule has 0 saturated carbocycles. The number of rotatable bonds is 6. The molecule has 2 heterocycles. The molecule has 0 radical (unpaired) electrons. The highest BCUT2D eigenvalue weighted by molar-refractivity contribution is 7.15. The average Bonchev–Trinajstić information content (AvgIpc) is 3.27. The number of hydrogen-bond acceptors (Lipinski definition) is 5. The number of nitrogens with zero attached hydrogens (tertiary/aromatic N) is 3. The molecule has 30 heavy (non-hydrogen) atoms. The molecule has 0 saturated heterocycles. The predicted molar refractivity (Wildman–Crippen MR) is 116 cm³/mol. The van der Waals surface area contributed by atoms with Gasteiger partial charge < -0.3 is 4.74 Å². The van der Waals surface area contributed by atoms with Gasteiger partial charge in [-0.1, -0.05) is 13.0 Å². The van der Waals surface area contributed by atoms with E-state index in [4.69, 9.17) is 4.74 Å². The van der Waals surface area contributed by atoms with Gasteiger partial charge in [0.15, 0.2) is 0 Å². The monoisotopic (exact) mass is 423 g/mol. The van der Waals surface area contributed by atoms with Gasteiger partial charge in [-0.25, -0.2) is 9.37 Å². The molecule has 2 aromatic carbocycles. The summed E-state index contributed by atoms with van der Waals surface area (Å²) in [4.78, 5) is 18.0. The van der Waals surface area contributed by atoms with Crippen LogP contribution in [0.5, 0.6) is 0 Å². The van der Waals surface area contributed by atoms with Crippen molar-refractivity contribution in [2.24, 2.45) is 7.05 Å². The Kier molecular flexibility index (Phi) is 5.63. The molecule has 7 heteroatoms. The molecule has 0 spiro atoms. The van der Waals surface area contributed by atoms with Crippen LogP contribution in [0, 0.1) is 12.7 Å². The van der Waals surface area contributed by atoms with Crippen molar-refractivity contribution in [2.75, 3.05) is 0 Å². The van der Waals surface area contributed by atoms with Crippen LogP contribution in [0.3, 0.4) is 0 Å². The van der Waals surface area contributed by atoms with Gasteiger partial charge in [0.05, 0.1) is 17.6 Å². The number of fused-ring (bicyclic) bond motifs is 1. The maximum Gasteiger partial charge on any atom is 0.311 e. The normalized spacial score (nSPS) is 11.2. The second kappa shape index (κ2) is 8.36. The van der Waals surface area contributed by atoms with Gasteiger partial charge in [-0.05, 0) is 54.8 Å². The van der Waals surface area contributed by atoms with Gasteiger partial charge >= 0.3 is 5.97 Å². The summed E-state index contributed by atoms with van der Waals surface area (Å²) < 4.78 is 20.7. The third kappa shape index (κ3) is 4.26. The molecule has 0 amide bonds. The zero-order valence-electron chi connectivity index (χ0n) is 17.1. The molecule has 4 rings (SSSR count). The molecule has 0 fully saturated rings. The molecule has 0 atom stereocenters. The predicted octanol–water partition coefficient (Wildman–Crippen LogP) is 4.99. The number of benzene rings is 2. The lowest BCUT2D eigenvalue weighted by molar-refractivity contribution is -0.144. The van der Waals surface area contributed by atoms with Crippen molar-refractivity contribution in [3.63, 3.8) is 0 Å². The molecule has 4 aromatic rings. The Bertz CT molecular complexity index is 1230.